The van der Waals surface area contributed by atoms with E-state index in [0.29, 0.717) is 11.1 Å². The van der Waals surface area contributed by atoms with Crippen LogP contribution in [0.4, 0.5) is 0 Å². The second kappa shape index (κ2) is 9.61. The van der Waals surface area contributed by atoms with Crippen molar-refractivity contribution in [1.82, 2.24) is 4.98 Å². The van der Waals surface area contributed by atoms with Gasteiger partial charge in [0.1, 0.15) is 45.0 Å². The quantitative estimate of drug-likeness (QED) is 0.427. The number of nitrogens with one attached hydrogen (secondary N) is 3. The Morgan fingerprint density at radius 2 is 1.45 bits per heavy atom. The zero-order valence-corrected chi connectivity index (χ0v) is 19.1. The highest BCUT2D eigenvalue weighted by Crippen LogP contribution is 2.24. The molecule has 0 saturated carbocycles. The molecule has 3 N–H and O–H groups in total. The monoisotopic (exact) mass is 441 g/mol. The third-order valence-corrected chi connectivity index (χ3v) is 6.76. The first-order valence-corrected chi connectivity index (χ1v) is 11.7. The van der Waals surface area contributed by atoms with E-state index in [-0.39, 0.29) is 5.43 Å². The SMILES string of the molecule is COc1ccc2[nH]c(-c3ccccc3)c(C[NH+]3CC[NH+](Cc4ccccc4)CC3)c(=O)c2c1. The number of hydrogen-bond donors (Lipinski definition) is 3. The molecule has 0 amide bonds. The first-order chi connectivity index (χ1) is 16.2. The van der Waals surface area contributed by atoms with E-state index in [2.05, 4.69) is 47.4 Å². The number of pyridine rings is 1. The van der Waals surface area contributed by atoms with Crippen molar-refractivity contribution in [2.24, 2.45) is 0 Å². The number of ether oxygens (including phenoxy) is 1. The number of methoxy groups -OCH3 is 1. The summed E-state index contributed by atoms with van der Waals surface area (Å²) in [6.45, 7) is 6.15. The van der Waals surface area contributed by atoms with E-state index in [9.17, 15) is 4.79 Å². The maximum atomic E-state index is 13.7. The third kappa shape index (κ3) is 4.70. The van der Waals surface area contributed by atoms with Crippen LogP contribution < -0.4 is 20.0 Å². The number of H-pyrrole nitrogens is 1. The minimum Gasteiger partial charge on any atom is -0.497 e. The molecule has 1 aliphatic heterocycles. The van der Waals surface area contributed by atoms with E-state index < -0.39 is 0 Å². The molecule has 1 fully saturated rings. The zero-order valence-electron chi connectivity index (χ0n) is 19.1. The van der Waals surface area contributed by atoms with E-state index in [4.69, 9.17) is 4.74 Å². The number of quaternary nitrogens is 2. The summed E-state index contributed by atoms with van der Waals surface area (Å²) in [4.78, 5) is 20.3. The molecule has 0 radical (unpaired) electrons. The largest absolute Gasteiger partial charge is 0.497 e. The van der Waals surface area contributed by atoms with Crippen LogP contribution in [0.1, 0.15) is 11.1 Å². The number of fused-ring (bicyclic) bond motifs is 1. The standard InChI is InChI=1S/C28H29N3O2/c1-33-23-12-13-26-24(18-23)28(32)25(27(29-26)22-10-6-3-7-11-22)20-31-16-14-30(15-17-31)19-21-8-4-2-5-9-21/h2-13,18H,14-17,19-20H2,1H3,(H,29,32)/p+2. The summed E-state index contributed by atoms with van der Waals surface area (Å²) in [5.74, 6) is 0.705. The first-order valence-electron chi connectivity index (χ1n) is 11.7. The number of hydrogen-bond acceptors (Lipinski definition) is 2. The average Bonchev–Trinajstić information content (AvgIpc) is 2.87. The van der Waals surface area contributed by atoms with Gasteiger partial charge in [0, 0.05) is 10.9 Å². The summed E-state index contributed by atoms with van der Waals surface area (Å²) < 4.78 is 5.38. The lowest BCUT2D eigenvalue weighted by Gasteiger charge is -2.30. The lowest BCUT2D eigenvalue weighted by Crippen LogP contribution is -3.27. The predicted octanol–water partition coefficient (Wildman–Crippen LogP) is 1.69. The maximum absolute atomic E-state index is 13.7. The van der Waals surface area contributed by atoms with Crippen molar-refractivity contribution in [1.29, 1.82) is 0 Å². The van der Waals surface area contributed by atoms with Crippen molar-refractivity contribution >= 4 is 10.9 Å². The van der Waals surface area contributed by atoms with E-state index >= 15 is 0 Å². The molecule has 4 aromatic rings. The average molecular weight is 442 g/mol. The van der Waals surface area contributed by atoms with Gasteiger partial charge in [-0.1, -0.05) is 60.7 Å². The van der Waals surface area contributed by atoms with Crippen molar-refractivity contribution in [3.63, 3.8) is 0 Å². The number of rotatable bonds is 6. The van der Waals surface area contributed by atoms with E-state index in [1.165, 1.54) is 10.5 Å². The Morgan fingerprint density at radius 1 is 0.818 bits per heavy atom. The molecule has 0 aliphatic carbocycles. The molecule has 0 spiro atoms. The third-order valence-electron chi connectivity index (χ3n) is 6.76. The number of aromatic nitrogens is 1. The Hall–Kier alpha value is -3.41. The van der Waals surface area contributed by atoms with Gasteiger partial charge in [0.25, 0.3) is 0 Å². The van der Waals surface area contributed by atoms with Crippen LogP contribution in [0.2, 0.25) is 0 Å². The van der Waals surface area contributed by atoms with Crippen molar-refractivity contribution in [3.8, 4) is 17.0 Å². The summed E-state index contributed by atoms with van der Waals surface area (Å²) in [7, 11) is 1.63. The molecule has 0 unspecified atom stereocenters. The molecule has 168 valence electrons. The fourth-order valence-electron chi connectivity index (χ4n) is 4.90. The van der Waals surface area contributed by atoms with Crippen LogP contribution in [0.5, 0.6) is 5.75 Å². The van der Waals surface area contributed by atoms with Crippen LogP contribution in [-0.4, -0.2) is 38.3 Å². The fourth-order valence-corrected chi connectivity index (χ4v) is 4.90. The molecule has 1 aliphatic rings. The van der Waals surface area contributed by atoms with Gasteiger partial charge in [-0.15, -0.1) is 0 Å². The Bertz CT molecular complexity index is 1280. The molecule has 5 nitrogen and oxygen atoms in total. The number of piperazine rings is 1. The lowest BCUT2D eigenvalue weighted by molar-refractivity contribution is -1.02. The first kappa shape index (κ1) is 21.4. The maximum Gasteiger partial charge on any atom is 0.199 e. The van der Waals surface area contributed by atoms with Gasteiger partial charge < -0.3 is 19.5 Å². The summed E-state index contributed by atoms with van der Waals surface area (Å²) in [6.07, 6.45) is 0. The van der Waals surface area contributed by atoms with Gasteiger partial charge in [-0.3, -0.25) is 4.79 Å². The predicted molar refractivity (Wildman–Crippen MR) is 132 cm³/mol. The van der Waals surface area contributed by atoms with Crippen LogP contribution in [0.3, 0.4) is 0 Å². The zero-order chi connectivity index (χ0) is 22.6. The highest BCUT2D eigenvalue weighted by atomic mass is 16.5. The molecule has 3 aromatic carbocycles. The normalized spacial score (nSPS) is 18.3. The molecular formula is C28H31N3O2+2. The van der Waals surface area contributed by atoms with Crippen LogP contribution >= 0.6 is 0 Å². The minimum atomic E-state index is 0.105. The molecule has 33 heavy (non-hydrogen) atoms. The highest BCUT2D eigenvalue weighted by Gasteiger charge is 2.26. The minimum absolute atomic E-state index is 0.105. The van der Waals surface area contributed by atoms with Gasteiger partial charge in [0.05, 0.1) is 23.9 Å². The van der Waals surface area contributed by atoms with E-state index in [0.717, 1.165) is 61.6 Å². The summed E-state index contributed by atoms with van der Waals surface area (Å²) in [6, 6.07) is 26.6. The summed E-state index contributed by atoms with van der Waals surface area (Å²) >= 11 is 0. The number of benzene rings is 3. The van der Waals surface area contributed by atoms with E-state index in [1.807, 2.05) is 36.4 Å². The summed E-state index contributed by atoms with van der Waals surface area (Å²) in [5, 5.41) is 0.691. The van der Waals surface area contributed by atoms with Crippen molar-refractivity contribution in [2.75, 3.05) is 33.3 Å². The molecule has 1 aromatic heterocycles. The Labute approximate surface area is 194 Å². The molecule has 5 heteroatoms. The molecule has 5 rings (SSSR count). The molecule has 0 bridgehead atoms. The smallest absolute Gasteiger partial charge is 0.199 e. The van der Waals surface area contributed by atoms with Gasteiger partial charge in [0.15, 0.2) is 5.43 Å². The highest BCUT2D eigenvalue weighted by molar-refractivity contribution is 5.84. The molecule has 2 heterocycles. The van der Waals surface area contributed by atoms with Gasteiger partial charge in [-0.2, -0.15) is 0 Å². The van der Waals surface area contributed by atoms with Crippen molar-refractivity contribution in [3.05, 3.63) is 100 Å². The van der Waals surface area contributed by atoms with Crippen LogP contribution in [0.25, 0.3) is 22.2 Å². The van der Waals surface area contributed by atoms with Crippen LogP contribution in [0.15, 0.2) is 83.7 Å². The van der Waals surface area contributed by atoms with Gasteiger partial charge in [-0.25, -0.2) is 0 Å². The van der Waals surface area contributed by atoms with Crippen LogP contribution in [-0.2, 0) is 13.1 Å². The lowest BCUT2D eigenvalue weighted by atomic mass is 10.0. The van der Waals surface area contributed by atoms with Gasteiger partial charge in [-0.05, 0) is 23.8 Å². The van der Waals surface area contributed by atoms with Crippen molar-refractivity contribution < 1.29 is 14.5 Å². The molecule has 0 atom stereocenters. The topological polar surface area (TPSA) is 51.0 Å². The number of aromatic amines is 1. The van der Waals surface area contributed by atoms with Gasteiger partial charge in [0.2, 0.25) is 0 Å². The summed E-state index contributed by atoms with van der Waals surface area (Å²) in [5.41, 5.74) is 5.19. The molecular weight excluding hydrogens is 410 g/mol. The van der Waals surface area contributed by atoms with Gasteiger partial charge >= 0.3 is 0 Å². The Kier molecular flexibility index (Phi) is 6.24. The van der Waals surface area contributed by atoms with Crippen molar-refractivity contribution in [2.45, 2.75) is 13.1 Å². The Balaban J connectivity index is 1.42. The fraction of sp³-hybridized carbons (Fsp3) is 0.250. The molecule has 1 saturated heterocycles. The Morgan fingerprint density at radius 3 is 2.12 bits per heavy atom. The second-order valence-corrected chi connectivity index (χ2v) is 8.92. The van der Waals surface area contributed by atoms with E-state index in [1.54, 1.807) is 12.0 Å². The van der Waals surface area contributed by atoms with Crippen LogP contribution in [0, 0.1) is 0 Å². The second-order valence-electron chi connectivity index (χ2n) is 8.92.